The summed E-state index contributed by atoms with van der Waals surface area (Å²) in [5, 5.41) is 0. The van der Waals surface area contributed by atoms with Crippen molar-refractivity contribution >= 4 is 27.4 Å². The van der Waals surface area contributed by atoms with Crippen LogP contribution in [0.2, 0.25) is 0 Å². The number of aromatic nitrogens is 1. The van der Waals surface area contributed by atoms with E-state index in [1.54, 1.807) is 6.20 Å². The fraction of sp³-hybridized carbons (Fsp3) is 0.545. The first-order valence-corrected chi connectivity index (χ1v) is 6.02. The molecule has 2 N–H and O–H groups in total. The summed E-state index contributed by atoms with van der Waals surface area (Å²) in [7, 11) is 2.07. The fourth-order valence-corrected chi connectivity index (χ4v) is 2.18. The molecule has 3 nitrogen and oxygen atoms in total. The molecule has 15 heavy (non-hydrogen) atoms. The minimum absolute atomic E-state index is 0.529. The molecule has 1 fully saturated rings. The van der Waals surface area contributed by atoms with Crippen molar-refractivity contribution in [1.82, 2.24) is 4.98 Å². The lowest BCUT2D eigenvalue weighted by Crippen LogP contribution is -2.31. The quantitative estimate of drug-likeness (QED) is 0.918. The maximum Gasteiger partial charge on any atom is 0.151 e. The number of pyridine rings is 1. The number of nitrogen functional groups attached to an aromatic ring is 1. The van der Waals surface area contributed by atoms with E-state index in [1.165, 1.54) is 12.8 Å². The minimum Gasteiger partial charge on any atom is -0.396 e. The lowest BCUT2D eigenvalue weighted by atomic mass is 10.2. The van der Waals surface area contributed by atoms with Gasteiger partial charge in [-0.15, -0.1) is 0 Å². The molecule has 1 unspecified atom stereocenters. The first-order valence-electron chi connectivity index (χ1n) is 5.23. The summed E-state index contributed by atoms with van der Waals surface area (Å²) in [4.78, 5) is 6.54. The second kappa shape index (κ2) is 4.00. The van der Waals surface area contributed by atoms with E-state index in [4.69, 9.17) is 5.73 Å². The topological polar surface area (TPSA) is 42.2 Å². The van der Waals surface area contributed by atoms with E-state index >= 15 is 0 Å². The Hall–Kier alpha value is -0.770. The zero-order valence-electron chi connectivity index (χ0n) is 9.07. The van der Waals surface area contributed by atoms with Gasteiger partial charge in [-0.25, -0.2) is 4.98 Å². The van der Waals surface area contributed by atoms with E-state index in [9.17, 15) is 0 Å². The summed E-state index contributed by atoms with van der Waals surface area (Å²) < 4.78 is 0.927. The van der Waals surface area contributed by atoms with Crippen LogP contribution < -0.4 is 10.6 Å². The molecule has 0 aliphatic heterocycles. The third-order valence-corrected chi connectivity index (χ3v) is 3.54. The number of hydrogen-bond donors (Lipinski definition) is 1. The molecule has 0 aromatic carbocycles. The second-order valence-electron chi connectivity index (χ2n) is 4.26. The lowest BCUT2D eigenvalue weighted by molar-refractivity contribution is 0.604. The van der Waals surface area contributed by atoms with Crippen LogP contribution in [0.4, 0.5) is 11.5 Å². The standard InChI is InChI=1S/C11H16BrN3/c1-7(8-3-4-8)15(2)11-10(13)5-9(12)6-14-11/h5-8H,3-4,13H2,1-2H3. The van der Waals surface area contributed by atoms with Crippen LogP contribution in [-0.2, 0) is 0 Å². The molecule has 0 bridgehead atoms. The van der Waals surface area contributed by atoms with Crippen molar-refractivity contribution in [3.63, 3.8) is 0 Å². The van der Waals surface area contributed by atoms with Crippen molar-refractivity contribution in [1.29, 1.82) is 0 Å². The molecule has 0 saturated heterocycles. The molecule has 0 amide bonds. The number of nitrogens with zero attached hydrogens (tertiary/aromatic N) is 2. The summed E-state index contributed by atoms with van der Waals surface area (Å²) in [6.45, 7) is 2.24. The molecule has 4 heteroatoms. The van der Waals surface area contributed by atoms with E-state index in [0.29, 0.717) is 6.04 Å². The van der Waals surface area contributed by atoms with Gasteiger partial charge in [-0.2, -0.15) is 0 Å². The molecule has 1 aromatic heterocycles. The Morgan fingerprint density at radius 1 is 1.60 bits per heavy atom. The number of nitrogens with two attached hydrogens (primary N) is 1. The molecule has 0 spiro atoms. The van der Waals surface area contributed by atoms with E-state index in [0.717, 1.165) is 21.9 Å². The van der Waals surface area contributed by atoms with Crippen LogP contribution in [0.3, 0.4) is 0 Å². The van der Waals surface area contributed by atoms with Gasteiger partial charge in [-0.05, 0) is 47.7 Å². The van der Waals surface area contributed by atoms with Gasteiger partial charge < -0.3 is 10.6 Å². The van der Waals surface area contributed by atoms with Gasteiger partial charge in [0, 0.05) is 23.8 Å². The summed E-state index contributed by atoms with van der Waals surface area (Å²) in [5.41, 5.74) is 6.68. The predicted molar refractivity (Wildman–Crippen MR) is 66.9 cm³/mol. The van der Waals surface area contributed by atoms with Gasteiger partial charge in [0.15, 0.2) is 5.82 Å². The van der Waals surface area contributed by atoms with Crippen molar-refractivity contribution in [2.24, 2.45) is 5.92 Å². The van der Waals surface area contributed by atoms with E-state index in [-0.39, 0.29) is 0 Å². The fourth-order valence-electron chi connectivity index (χ4n) is 1.83. The summed E-state index contributed by atoms with van der Waals surface area (Å²) >= 11 is 3.36. The Kier molecular flexibility index (Phi) is 2.87. The van der Waals surface area contributed by atoms with Crippen LogP contribution in [0.15, 0.2) is 16.7 Å². The van der Waals surface area contributed by atoms with Gasteiger partial charge in [0.25, 0.3) is 0 Å². The highest BCUT2D eigenvalue weighted by Crippen LogP contribution is 2.37. The average molecular weight is 270 g/mol. The molecule has 1 aliphatic carbocycles. The maximum atomic E-state index is 5.95. The molecule has 1 heterocycles. The zero-order valence-corrected chi connectivity index (χ0v) is 10.7. The summed E-state index contributed by atoms with van der Waals surface area (Å²) in [6.07, 6.45) is 4.46. The molecular formula is C11H16BrN3. The third kappa shape index (κ3) is 2.25. The highest BCUT2D eigenvalue weighted by Gasteiger charge is 2.31. The third-order valence-electron chi connectivity index (χ3n) is 3.11. The van der Waals surface area contributed by atoms with E-state index in [1.807, 2.05) is 6.07 Å². The molecular weight excluding hydrogens is 254 g/mol. The van der Waals surface area contributed by atoms with Crippen molar-refractivity contribution in [2.75, 3.05) is 17.7 Å². The number of rotatable bonds is 3. The van der Waals surface area contributed by atoms with Gasteiger partial charge in [0.2, 0.25) is 0 Å². The number of anilines is 2. The molecule has 0 radical (unpaired) electrons. The van der Waals surface area contributed by atoms with Crippen molar-refractivity contribution in [2.45, 2.75) is 25.8 Å². The Morgan fingerprint density at radius 3 is 2.80 bits per heavy atom. The first kappa shape index (κ1) is 10.7. The number of hydrogen-bond acceptors (Lipinski definition) is 3. The molecule has 82 valence electrons. The van der Waals surface area contributed by atoms with E-state index < -0.39 is 0 Å². The molecule has 1 saturated carbocycles. The monoisotopic (exact) mass is 269 g/mol. The maximum absolute atomic E-state index is 5.95. The molecule has 1 aromatic rings. The lowest BCUT2D eigenvalue weighted by Gasteiger charge is -2.26. The first-order chi connectivity index (χ1) is 7.09. The highest BCUT2D eigenvalue weighted by molar-refractivity contribution is 9.10. The van der Waals surface area contributed by atoms with E-state index in [2.05, 4.69) is 39.8 Å². The van der Waals surface area contributed by atoms with Gasteiger partial charge in [0.05, 0.1) is 5.69 Å². The Balaban J connectivity index is 2.20. The second-order valence-corrected chi connectivity index (χ2v) is 5.17. The van der Waals surface area contributed by atoms with Gasteiger partial charge in [-0.3, -0.25) is 0 Å². The molecule has 1 aliphatic rings. The van der Waals surface area contributed by atoms with Crippen LogP contribution in [0.1, 0.15) is 19.8 Å². The van der Waals surface area contributed by atoms with Crippen molar-refractivity contribution < 1.29 is 0 Å². The summed E-state index contributed by atoms with van der Waals surface area (Å²) in [6, 6.07) is 2.43. The van der Waals surface area contributed by atoms with Gasteiger partial charge >= 0.3 is 0 Å². The van der Waals surface area contributed by atoms with Crippen LogP contribution in [-0.4, -0.2) is 18.1 Å². The number of halogens is 1. The van der Waals surface area contributed by atoms with Crippen molar-refractivity contribution in [3.8, 4) is 0 Å². The summed E-state index contributed by atoms with van der Waals surface area (Å²) in [5.74, 6) is 1.71. The van der Waals surface area contributed by atoms with Crippen molar-refractivity contribution in [3.05, 3.63) is 16.7 Å². The zero-order chi connectivity index (χ0) is 11.0. The minimum atomic E-state index is 0.529. The smallest absolute Gasteiger partial charge is 0.151 e. The normalized spacial score (nSPS) is 17.5. The van der Waals surface area contributed by atoms with Crippen LogP contribution in [0, 0.1) is 5.92 Å². The average Bonchev–Trinajstić information content (AvgIpc) is 2.99. The Bertz CT molecular complexity index is 363. The van der Waals surface area contributed by atoms with Crippen LogP contribution in [0.25, 0.3) is 0 Å². The van der Waals surface area contributed by atoms with Gasteiger partial charge in [0.1, 0.15) is 0 Å². The van der Waals surface area contributed by atoms with Crippen LogP contribution in [0.5, 0.6) is 0 Å². The SMILES string of the molecule is CC(C1CC1)N(C)c1ncc(Br)cc1N. The highest BCUT2D eigenvalue weighted by atomic mass is 79.9. The Labute approximate surface area is 98.8 Å². The Morgan fingerprint density at radius 2 is 2.27 bits per heavy atom. The molecule has 2 rings (SSSR count). The molecule has 1 atom stereocenters. The largest absolute Gasteiger partial charge is 0.396 e. The van der Waals surface area contributed by atoms with Gasteiger partial charge in [-0.1, -0.05) is 0 Å². The predicted octanol–water partition coefficient (Wildman–Crippen LogP) is 2.66. The van der Waals surface area contributed by atoms with Crippen LogP contribution >= 0.6 is 15.9 Å².